The Morgan fingerprint density at radius 2 is 1.58 bits per heavy atom. The highest BCUT2D eigenvalue weighted by atomic mass is 31.2. The molecule has 1 saturated heterocycles. The minimum Gasteiger partial charge on any atom is -0.369 e. The molecule has 1 aromatic heterocycles. The van der Waals surface area contributed by atoms with Crippen LogP contribution in [0.4, 0.5) is 18.9 Å². The second-order valence-electron chi connectivity index (χ2n) is 7.49. The number of hydrogen-bond acceptors (Lipinski definition) is 4. The zero-order valence-corrected chi connectivity index (χ0v) is 18.3. The van der Waals surface area contributed by atoms with Crippen molar-refractivity contribution in [2.24, 2.45) is 0 Å². The van der Waals surface area contributed by atoms with E-state index in [2.05, 4.69) is 9.88 Å². The third-order valence-electron chi connectivity index (χ3n) is 5.23. The first-order valence-corrected chi connectivity index (χ1v) is 11.6. The number of anilines is 1. The first kappa shape index (κ1) is 25.0. The summed E-state index contributed by atoms with van der Waals surface area (Å²) in [6, 6.07) is 13.1. The van der Waals surface area contributed by atoms with Crippen LogP contribution in [-0.4, -0.2) is 61.9 Å². The molecule has 0 bridgehead atoms. The van der Waals surface area contributed by atoms with Crippen molar-refractivity contribution in [3.8, 4) is 0 Å². The van der Waals surface area contributed by atoms with Gasteiger partial charge in [-0.15, -0.1) is 0 Å². The molecule has 4 rings (SSSR count). The average Bonchev–Trinajstić information content (AvgIpc) is 3.06. The van der Waals surface area contributed by atoms with Crippen LogP contribution in [0, 0.1) is 0 Å². The Labute approximate surface area is 186 Å². The molecule has 9 nitrogen and oxygen atoms in total. The summed E-state index contributed by atoms with van der Waals surface area (Å²) >= 11 is 0. The van der Waals surface area contributed by atoms with Gasteiger partial charge in [-0.05, 0) is 30.3 Å². The largest absolute Gasteiger partial charge is 0.466 e. The van der Waals surface area contributed by atoms with E-state index in [0.29, 0.717) is 25.3 Å². The Morgan fingerprint density at radius 1 is 0.939 bits per heavy atom. The molecule has 4 N–H and O–H groups in total. The second-order valence-corrected chi connectivity index (χ2v) is 8.52. The van der Waals surface area contributed by atoms with E-state index in [1.807, 2.05) is 29.2 Å². The molecular weight excluding hydrogens is 464 g/mol. The molecule has 180 valence electrons. The summed E-state index contributed by atoms with van der Waals surface area (Å²) in [6.45, 7) is 4.10. The molecule has 1 aliphatic rings. The SMILES string of the molecule is O=P(O)(O)O.O=c1[nH]c2ccccc2n1CCN1CCN(c2cccc(C(F)(F)F)c2)CC1. The summed E-state index contributed by atoms with van der Waals surface area (Å²) in [5.41, 5.74) is 1.56. The van der Waals surface area contributed by atoms with Gasteiger partial charge < -0.3 is 24.6 Å². The van der Waals surface area contributed by atoms with Crippen molar-refractivity contribution in [2.45, 2.75) is 12.7 Å². The third kappa shape index (κ3) is 7.18. The van der Waals surface area contributed by atoms with Crippen LogP contribution in [0.5, 0.6) is 0 Å². The standard InChI is InChI=1S/C20H21F3N4O.H3O4P/c21-20(22,23)15-4-3-5-16(14-15)26-11-8-25(9-12-26)10-13-27-18-7-2-1-6-17(18)24-19(27)28;1-5(2,3)4/h1-7,14H,8-13H2,(H,24,28);(H3,1,2,3,4). The van der Waals surface area contributed by atoms with Gasteiger partial charge in [0.15, 0.2) is 0 Å². The number of H-pyrrole nitrogens is 1. The number of piperazine rings is 1. The Balaban J connectivity index is 0.000000555. The molecule has 33 heavy (non-hydrogen) atoms. The first-order chi connectivity index (χ1) is 15.4. The molecule has 2 heterocycles. The summed E-state index contributed by atoms with van der Waals surface area (Å²) in [7, 11) is -4.64. The minimum atomic E-state index is -4.64. The maximum Gasteiger partial charge on any atom is 0.466 e. The zero-order valence-electron chi connectivity index (χ0n) is 17.4. The van der Waals surface area contributed by atoms with E-state index < -0.39 is 19.6 Å². The molecule has 0 amide bonds. The minimum absolute atomic E-state index is 0.121. The highest BCUT2D eigenvalue weighted by Crippen LogP contribution is 2.31. The van der Waals surface area contributed by atoms with Gasteiger partial charge in [0.1, 0.15) is 0 Å². The number of para-hydroxylation sites is 2. The van der Waals surface area contributed by atoms with Gasteiger partial charge in [-0.25, -0.2) is 9.36 Å². The van der Waals surface area contributed by atoms with Gasteiger partial charge >= 0.3 is 19.7 Å². The maximum atomic E-state index is 12.9. The van der Waals surface area contributed by atoms with Crippen molar-refractivity contribution in [3.05, 3.63) is 64.6 Å². The van der Waals surface area contributed by atoms with Crippen LogP contribution in [0.2, 0.25) is 0 Å². The number of phosphoric acid groups is 1. The van der Waals surface area contributed by atoms with Crippen LogP contribution in [0.1, 0.15) is 5.56 Å². The first-order valence-electron chi connectivity index (χ1n) is 10.0. The lowest BCUT2D eigenvalue weighted by molar-refractivity contribution is -0.137. The number of fused-ring (bicyclic) bond motifs is 1. The second kappa shape index (κ2) is 10.1. The quantitative estimate of drug-likeness (QED) is 0.416. The summed E-state index contributed by atoms with van der Waals surface area (Å²) in [6.07, 6.45) is -4.33. The van der Waals surface area contributed by atoms with Crippen LogP contribution in [0.3, 0.4) is 0 Å². The highest BCUT2D eigenvalue weighted by molar-refractivity contribution is 7.45. The summed E-state index contributed by atoms with van der Waals surface area (Å²) < 4.78 is 49.4. The number of nitrogens with one attached hydrogen (secondary N) is 1. The van der Waals surface area contributed by atoms with Crippen molar-refractivity contribution in [2.75, 3.05) is 37.6 Å². The number of rotatable bonds is 4. The van der Waals surface area contributed by atoms with Gasteiger partial charge in [0, 0.05) is 45.0 Å². The number of aromatic amines is 1. The van der Waals surface area contributed by atoms with E-state index in [1.165, 1.54) is 12.1 Å². The van der Waals surface area contributed by atoms with Gasteiger partial charge in [0.25, 0.3) is 0 Å². The zero-order chi connectivity index (χ0) is 24.2. The van der Waals surface area contributed by atoms with Crippen molar-refractivity contribution in [1.82, 2.24) is 14.5 Å². The van der Waals surface area contributed by atoms with Gasteiger partial charge in [0.2, 0.25) is 0 Å². The third-order valence-corrected chi connectivity index (χ3v) is 5.23. The molecule has 0 atom stereocenters. The van der Waals surface area contributed by atoms with Crippen molar-refractivity contribution >= 4 is 24.5 Å². The molecule has 1 aliphatic heterocycles. The molecule has 2 aromatic carbocycles. The van der Waals surface area contributed by atoms with E-state index in [-0.39, 0.29) is 5.69 Å². The number of alkyl halides is 3. The lowest BCUT2D eigenvalue weighted by Gasteiger charge is -2.36. The molecule has 0 unspecified atom stereocenters. The fraction of sp³-hybridized carbons (Fsp3) is 0.350. The Hall–Kier alpha value is -2.63. The average molecular weight is 488 g/mol. The number of halogens is 3. The van der Waals surface area contributed by atoms with Crippen LogP contribution in [0.25, 0.3) is 11.0 Å². The summed E-state index contributed by atoms with van der Waals surface area (Å²) in [5, 5.41) is 0. The molecule has 0 radical (unpaired) electrons. The monoisotopic (exact) mass is 488 g/mol. The summed E-state index contributed by atoms with van der Waals surface area (Å²) in [5.74, 6) is 0. The number of imidazole rings is 1. The molecule has 0 saturated carbocycles. The van der Waals surface area contributed by atoms with E-state index in [1.54, 1.807) is 10.6 Å². The smallest absolute Gasteiger partial charge is 0.369 e. The molecule has 0 aliphatic carbocycles. The van der Waals surface area contributed by atoms with E-state index >= 15 is 0 Å². The normalized spacial score (nSPS) is 15.4. The molecule has 13 heteroatoms. The van der Waals surface area contributed by atoms with Gasteiger partial charge in [-0.2, -0.15) is 13.2 Å². The fourth-order valence-electron chi connectivity index (χ4n) is 3.68. The Bertz CT molecular complexity index is 1170. The highest BCUT2D eigenvalue weighted by Gasteiger charge is 2.31. The van der Waals surface area contributed by atoms with Crippen molar-refractivity contribution in [3.63, 3.8) is 0 Å². The lowest BCUT2D eigenvalue weighted by Crippen LogP contribution is -2.47. The van der Waals surface area contributed by atoms with E-state index in [9.17, 15) is 18.0 Å². The van der Waals surface area contributed by atoms with Gasteiger partial charge in [-0.1, -0.05) is 18.2 Å². The van der Waals surface area contributed by atoms with Crippen molar-refractivity contribution in [1.29, 1.82) is 0 Å². The number of nitrogens with zero attached hydrogens (tertiary/aromatic N) is 3. The summed E-state index contributed by atoms with van der Waals surface area (Å²) in [4.78, 5) is 40.8. The fourth-order valence-corrected chi connectivity index (χ4v) is 3.68. The van der Waals surface area contributed by atoms with Crippen LogP contribution in [-0.2, 0) is 17.3 Å². The van der Waals surface area contributed by atoms with Crippen LogP contribution in [0.15, 0.2) is 53.3 Å². The maximum absolute atomic E-state index is 12.9. The van der Waals surface area contributed by atoms with Crippen molar-refractivity contribution < 1.29 is 32.4 Å². The number of hydrogen-bond donors (Lipinski definition) is 4. The molecule has 1 fully saturated rings. The lowest BCUT2D eigenvalue weighted by atomic mass is 10.1. The van der Waals surface area contributed by atoms with E-state index in [0.717, 1.165) is 36.7 Å². The predicted octanol–water partition coefficient (Wildman–Crippen LogP) is 2.24. The van der Waals surface area contributed by atoms with Gasteiger partial charge in [-0.3, -0.25) is 9.47 Å². The Morgan fingerprint density at radius 3 is 2.21 bits per heavy atom. The number of benzene rings is 2. The van der Waals surface area contributed by atoms with E-state index in [4.69, 9.17) is 19.2 Å². The van der Waals surface area contributed by atoms with Gasteiger partial charge in [0.05, 0.1) is 16.6 Å². The Kier molecular flexibility index (Phi) is 7.65. The van der Waals surface area contributed by atoms with Crippen LogP contribution < -0.4 is 10.6 Å². The predicted molar refractivity (Wildman–Crippen MR) is 117 cm³/mol. The van der Waals surface area contributed by atoms with Crippen LogP contribution >= 0.6 is 7.82 Å². The topological polar surface area (TPSA) is 122 Å². The molecule has 0 spiro atoms. The molecular formula is C20H24F3N4O5P. The molecule has 3 aromatic rings. The number of aromatic nitrogens is 2.